The summed E-state index contributed by atoms with van der Waals surface area (Å²) in [7, 11) is 0. The smallest absolute Gasteiger partial charge is 0.346 e. The van der Waals surface area contributed by atoms with Gasteiger partial charge in [-0.15, -0.1) is 0 Å². The van der Waals surface area contributed by atoms with Crippen LogP contribution in [0, 0.1) is 0 Å². The maximum atomic E-state index is 11.1. The van der Waals surface area contributed by atoms with Crippen LogP contribution in [0.3, 0.4) is 0 Å². The van der Waals surface area contributed by atoms with Crippen molar-refractivity contribution in [2.24, 2.45) is 16.5 Å². The van der Waals surface area contributed by atoms with Gasteiger partial charge in [-0.1, -0.05) is 0 Å². The summed E-state index contributed by atoms with van der Waals surface area (Å²) < 4.78 is 5.05. The highest BCUT2D eigenvalue weighted by atomic mass is 16.5. The highest BCUT2D eigenvalue weighted by Gasteiger charge is 2.15. The average molecular weight is 172 g/mol. The van der Waals surface area contributed by atoms with E-state index in [1.807, 2.05) is 0 Å². The quantitative estimate of drug-likeness (QED) is 0.351. The summed E-state index contributed by atoms with van der Waals surface area (Å²) in [6, 6.07) is -0.390. The van der Waals surface area contributed by atoms with Crippen LogP contribution >= 0.6 is 0 Å². The van der Waals surface area contributed by atoms with Crippen LogP contribution in [-0.4, -0.2) is 43.2 Å². The van der Waals surface area contributed by atoms with E-state index in [1.54, 1.807) is 4.90 Å². The van der Waals surface area contributed by atoms with Gasteiger partial charge in [-0.05, 0) is 0 Å². The molecule has 0 atom stereocenters. The third-order valence-corrected chi connectivity index (χ3v) is 1.51. The molecule has 1 fully saturated rings. The maximum absolute atomic E-state index is 11.1. The van der Waals surface area contributed by atoms with Crippen LogP contribution in [0.4, 0.5) is 4.79 Å². The molecule has 0 spiro atoms. The first-order valence-corrected chi connectivity index (χ1v) is 3.66. The molecule has 12 heavy (non-hydrogen) atoms. The fourth-order valence-electron chi connectivity index (χ4n) is 0.936. The number of ether oxygens (including phenoxy) is 1. The molecule has 0 bridgehead atoms. The molecule has 1 aliphatic rings. The predicted molar refractivity (Wildman–Crippen MR) is 43.6 cm³/mol. The molecule has 6 heteroatoms. The van der Waals surface area contributed by atoms with Crippen molar-refractivity contribution in [3.63, 3.8) is 0 Å². The summed E-state index contributed by atoms with van der Waals surface area (Å²) >= 11 is 0. The Kier molecular flexibility index (Phi) is 2.87. The van der Waals surface area contributed by atoms with Gasteiger partial charge < -0.3 is 21.1 Å². The van der Waals surface area contributed by atoms with Crippen LogP contribution < -0.4 is 11.5 Å². The molecule has 6 nitrogen and oxygen atoms in total. The number of morpholine rings is 1. The molecule has 0 saturated carbocycles. The second kappa shape index (κ2) is 3.91. The molecular formula is C6H12N4O2. The van der Waals surface area contributed by atoms with Crippen molar-refractivity contribution in [3.05, 3.63) is 0 Å². The number of rotatable bonds is 0. The lowest BCUT2D eigenvalue weighted by Crippen LogP contribution is -2.40. The molecule has 1 heterocycles. The van der Waals surface area contributed by atoms with Gasteiger partial charge in [-0.2, -0.15) is 4.99 Å². The maximum Gasteiger partial charge on any atom is 0.346 e. The van der Waals surface area contributed by atoms with Gasteiger partial charge in [0.25, 0.3) is 0 Å². The molecule has 0 aromatic carbocycles. The third-order valence-electron chi connectivity index (χ3n) is 1.51. The fraction of sp³-hybridized carbons (Fsp3) is 0.667. The number of nitrogens with two attached hydrogens (primary N) is 2. The summed E-state index contributed by atoms with van der Waals surface area (Å²) in [5.74, 6) is -0.202. The zero-order chi connectivity index (χ0) is 8.97. The van der Waals surface area contributed by atoms with E-state index in [9.17, 15) is 4.79 Å². The number of nitrogens with zero attached hydrogens (tertiary/aromatic N) is 2. The SMILES string of the molecule is NC(N)=NC(=O)N1CCOCC1. The van der Waals surface area contributed by atoms with Gasteiger partial charge in [0.2, 0.25) is 0 Å². The molecule has 1 saturated heterocycles. The Bertz CT molecular complexity index is 194. The van der Waals surface area contributed by atoms with Gasteiger partial charge in [0.05, 0.1) is 13.2 Å². The number of amides is 2. The standard InChI is InChI=1S/C6H12N4O2/c7-5(8)9-6(11)10-1-3-12-4-2-10/h1-4H2,(H4,7,8,9,11). The van der Waals surface area contributed by atoms with Crippen molar-refractivity contribution in [2.45, 2.75) is 0 Å². The molecule has 4 N–H and O–H groups in total. The zero-order valence-corrected chi connectivity index (χ0v) is 6.69. The van der Waals surface area contributed by atoms with Crippen LogP contribution in [0.1, 0.15) is 0 Å². The molecule has 0 aromatic rings. The Morgan fingerprint density at radius 1 is 1.33 bits per heavy atom. The van der Waals surface area contributed by atoms with E-state index in [0.717, 1.165) is 0 Å². The van der Waals surface area contributed by atoms with Crippen molar-refractivity contribution >= 4 is 12.0 Å². The van der Waals surface area contributed by atoms with Gasteiger partial charge in [-0.25, -0.2) is 4.79 Å². The van der Waals surface area contributed by atoms with E-state index in [-0.39, 0.29) is 5.96 Å². The Morgan fingerprint density at radius 3 is 2.42 bits per heavy atom. The molecule has 0 aliphatic carbocycles. The Hall–Kier alpha value is -1.30. The van der Waals surface area contributed by atoms with Gasteiger partial charge in [0.1, 0.15) is 0 Å². The molecule has 1 aliphatic heterocycles. The summed E-state index contributed by atoms with van der Waals surface area (Å²) in [5, 5.41) is 0. The number of hydrogen-bond acceptors (Lipinski definition) is 2. The van der Waals surface area contributed by atoms with Crippen molar-refractivity contribution in [2.75, 3.05) is 26.3 Å². The van der Waals surface area contributed by atoms with Gasteiger partial charge in [0.15, 0.2) is 5.96 Å². The Labute approximate surface area is 70.2 Å². The minimum atomic E-state index is -0.390. The Morgan fingerprint density at radius 2 is 1.92 bits per heavy atom. The van der Waals surface area contributed by atoms with Crippen LogP contribution in [0.25, 0.3) is 0 Å². The van der Waals surface area contributed by atoms with Crippen molar-refractivity contribution in [1.29, 1.82) is 0 Å². The number of urea groups is 1. The molecule has 0 unspecified atom stereocenters. The van der Waals surface area contributed by atoms with Crippen LogP contribution in [0.5, 0.6) is 0 Å². The topological polar surface area (TPSA) is 93.9 Å². The van der Waals surface area contributed by atoms with E-state index < -0.39 is 6.03 Å². The van der Waals surface area contributed by atoms with Crippen LogP contribution in [-0.2, 0) is 4.74 Å². The lowest BCUT2D eigenvalue weighted by molar-refractivity contribution is 0.0555. The summed E-state index contributed by atoms with van der Waals surface area (Å²) in [5.41, 5.74) is 10.1. The molecule has 0 aromatic heterocycles. The molecule has 68 valence electrons. The van der Waals surface area contributed by atoms with E-state index in [2.05, 4.69) is 4.99 Å². The van der Waals surface area contributed by atoms with Crippen molar-refractivity contribution in [1.82, 2.24) is 4.90 Å². The minimum absolute atomic E-state index is 0.202. The number of guanidine groups is 1. The number of hydrogen-bond donors (Lipinski definition) is 2. The summed E-state index contributed by atoms with van der Waals surface area (Å²) in [6.45, 7) is 2.20. The first kappa shape index (κ1) is 8.79. The fourth-order valence-corrected chi connectivity index (χ4v) is 0.936. The van der Waals surface area contributed by atoms with Crippen molar-refractivity contribution < 1.29 is 9.53 Å². The monoisotopic (exact) mass is 172 g/mol. The van der Waals surface area contributed by atoms with Gasteiger partial charge in [0, 0.05) is 13.1 Å². The van der Waals surface area contributed by atoms with Crippen LogP contribution in [0.2, 0.25) is 0 Å². The van der Waals surface area contributed by atoms with Gasteiger partial charge >= 0.3 is 6.03 Å². The van der Waals surface area contributed by atoms with E-state index >= 15 is 0 Å². The second-order valence-corrected chi connectivity index (χ2v) is 2.42. The zero-order valence-electron chi connectivity index (χ0n) is 6.69. The normalized spacial score (nSPS) is 17.2. The third kappa shape index (κ3) is 2.39. The predicted octanol–water partition coefficient (Wildman–Crippen LogP) is -1.29. The summed E-state index contributed by atoms with van der Waals surface area (Å²) in [6.07, 6.45) is 0. The largest absolute Gasteiger partial charge is 0.378 e. The minimum Gasteiger partial charge on any atom is -0.378 e. The molecule has 2 amide bonds. The summed E-state index contributed by atoms with van der Waals surface area (Å²) in [4.78, 5) is 16.1. The average Bonchev–Trinajstić information content (AvgIpc) is 2.05. The lowest BCUT2D eigenvalue weighted by atomic mass is 10.4. The number of carbonyl (C=O) groups excluding carboxylic acids is 1. The van der Waals surface area contributed by atoms with E-state index in [1.165, 1.54) is 0 Å². The molecule has 1 rings (SSSR count). The second-order valence-electron chi connectivity index (χ2n) is 2.42. The number of carbonyl (C=O) groups is 1. The van der Waals surface area contributed by atoms with E-state index in [0.29, 0.717) is 26.3 Å². The number of aliphatic imine (C=N–C) groups is 1. The first-order valence-electron chi connectivity index (χ1n) is 3.66. The first-order chi connectivity index (χ1) is 5.70. The lowest BCUT2D eigenvalue weighted by Gasteiger charge is -2.24. The molecular weight excluding hydrogens is 160 g/mol. The van der Waals surface area contributed by atoms with E-state index in [4.69, 9.17) is 16.2 Å². The van der Waals surface area contributed by atoms with Crippen molar-refractivity contribution in [3.8, 4) is 0 Å². The van der Waals surface area contributed by atoms with Crippen LogP contribution in [0.15, 0.2) is 4.99 Å². The van der Waals surface area contributed by atoms with Gasteiger partial charge in [-0.3, -0.25) is 0 Å². The Balaban J connectivity index is 2.45. The molecule has 0 radical (unpaired) electrons. The highest BCUT2D eigenvalue weighted by molar-refractivity contribution is 5.90. The highest BCUT2D eigenvalue weighted by Crippen LogP contribution is 1.98.